The first-order valence-corrected chi connectivity index (χ1v) is 12.4. The minimum Gasteiger partial charge on any atom is -0.349 e. The van der Waals surface area contributed by atoms with Gasteiger partial charge in [0.05, 0.1) is 35.8 Å². The number of piperidine rings is 1. The number of rotatable bonds is 6. The smallest absolute Gasteiger partial charge is 0.293 e. The summed E-state index contributed by atoms with van der Waals surface area (Å²) in [7, 11) is 0. The second-order valence-electron chi connectivity index (χ2n) is 8.80. The van der Waals surface area contributed by atoms with Crippen LogP contribution < -0.4 is 5.32 Å². The molecule has 0 unspecified atom stereocenters. The molecule has 9 nitrogen and oxygen atoms in total. The molecular weight excluding hydrogens is 450 g/mol. The van der Waals surface area contributed by atoms with Gasteiger partial charge in [0.2, 0.25) is 11.7 Å². The van der Waals surface area contributed by atoms with Crippen LogP contribution in [-0.2, 0) is 11.3 Å². The van der Waals surface area contributed by atoms with E-state index in [-0.39, 0.29) is 29.6 Å². The normalized spacial score (nSPS) is 20.1. The molecule has 0 radical (unpaired) electrons. The number of hydrogen-bond donors (Lipinski definition) is 1. The molecule has 0 bridgehead atoms. The van der Waals surface area contributed by atoms with Gasteiger partial charge in [-0.3, -0.25) is 9.59 Å². The van der Waals surface area contributed by atoms with Crippen molar-refractivity contribution in [2.45, 2.75) is 51.2 Å². The van der Waals surface area contributed by atoms with Crippen molar-refractivity contribution in [1.82, 2.24) is 30.0 Å². The number of nitrogens with zero attached hydrogens (tertiary/aromatic N) is 6. The molecular formula is C24H25N7O2S. The standard InChI is InChI=1S/C24H25N7O2S/c1-15-19(3-2-10-30(15)24(33)22-27-14-31(29-22)18-8-9-18)23(32)26-12-21-28-20(13-34-21)17-6-4-16(11-25)5-7-17/h4-7,13-15,18-19H,2-3,8-10,12H2,1H3,(H,26,32)/t15-,19-/m0/s1. The summed E-state index contributed by atoms with van der Waals surface area (Å²) in [6, 6.07) is 9.51. The number of likely N-dealkylation sites (tertiary alicyclic amines) is 1. The van der Waals surface area contributed by atoms with Gasteiger partial charge in [-0.25, -0.2) is 14.6 Å². The Hall–Kier alpha value is -3.58. The SMILES string of the molecule is C[C@H]1[C@@H](C(=O)NCc2nc(-c3ccc(C#N)cc3)cs2)CCCN1C(=O)c1ncn(C2CC2)n1. The van der Waals surface area contributed by atoms with Crippen molar-refractivity contribution in [1.29, 1.82) is 5.26 Å². The van der Waals surface area contributed by atoms with Crippen LogP contribution in [0.5, 0.6) is 0 Å². The molecule has 0 spiro atoms. The van der Waals surface area contributed by atoms with Gasteiger partial charge in [0, 0.05) is 23.5 Å². The Bertz CT molecular complexity index is 1240. The maximum absolute atomic E-state index is 13.0. The Morgan fingerprint density at radius 2 is 2.03 bits per heavy atom. The minimum atomic E-state index is -0.291. The van der Waals surface area contributed by atoms with Crippen molar-refractivity contribution in [2.24, 2.45) is 5.92 Å². The van der Waals surface area contributed by atoms with Crippen LogP contribution in [0.2, 0.25) is 0 Å². The van der Waals surface area contributed by atoms with Crippen molar-refractivity contribution in [3.05, 3.63) is 52.4 Å². The third kappa shape index (κ3) is 4.56. The van der Waals surface area contributed by atoms with Crippen LogP contribution in [0.3, 0.4) is 0 Å². The molecule has 2 aromatic heterocycles. The number of carbonyl (C=O) groups is 2. The fourth-order valence-electron chi connectivity index (χ4n) is 4.33. The number of amides is 2. The first kappa shape index (κ1) is 22.2. The predicted octanol–water partition coefficient (Wildman–Crippen LogP) is 3.17. The van der Waals surface area contributed by atoms with Crippen molar-refractivity contribution in [3.63, 3.8) is 0 Å². The van der Waals surface area contributed by atoms with Crippen LogP contribution in [0.15, 0.2) is 36.0 Å². The van der Waals surface area contributed by atoms with E-state index in [0.29, 0.717) is 24.7 Å². The molecule has 10 heteroatoms. The Balaban J connectivity index is 1.19. The zero-order valence-electron chi connectivity index (χ0n) is 18.8. The lowest BCUT2D eigenvalue weighted by atomic mass is 9.89. The molecule has 1 N–H and O–H groups in total. The Morgan fingerprint density at radius 1 is 1.24 bits per heavy atom. The Kier molecular flexibility index (Phi) is 6.11. The number of nitrogens with one attached hydrogen (secondary N) is 1. The summed E-state index contributed by atoms with van der Waals surface area (Å²) in [4.78, 5) is 36.6. The lowest BCUT2D eigenvalue weighted by molar-refractivity contribution is -0.128. The average molecular weight is 476 g/mol. The Morgan fingerprint density at radius 3 is 2.76 bits per heavy atom. The van der Waals surface area contributed by atoms with E-state index in [4.69, 9.17) is 5.26 Å². The van der Waals surface area contributed by atoms with Crippen molar-refractivity contribution < 1.29 is 9.59 Å². The summed E-state index contributed by atoms with van der Waals surface area (Å²) in [6.45, 7) is 2.86. The van der Waals surface area contributed by atoms with Gasteiger partial charge in [-0.15, -0.1) is 16.4 Å². The molecule has 2 aliphatic rings. The maximum atomic E-state index is 13.0. The first-order valence-electron chi connectivity index (χ1n) is 11.5. The first-order chi connectivity index (χ1) is 16.5. The highest BCUT2D eigenvalue weighted by Gasteiger charge is 2.37. The van der Waals surface area contributed by atoms with Crippen LogP contribution in [-0.4, -0.2) is 49.0 Å². The van der Waals surface area contributed by atoms with Gasteiger partial charge in [0.15, 0.2) is 0 Å². The number of thiazole rings is 1. The average Bonchev–Trinajstić information content (AvgIpc) is 3.40. The molecule has 174 valence electrons. The van der Waals surface area contributed by atoms with E-state index in [9.17, 15) is 9.59 Å². The number of benzene rings is 1. The highest BCUT2D eigenvalue weighted by atomic mass is 32.1. The highest BCUT2D eigenvalue weighted by Crippen LogP contribution is 2.33. The number of carbonyl (C=O) groups excluding carboxylic acids is 2. The summed E-state index contributed by atoms with van der Waals surface area (Å²) in [5.41, 5.74) is 2.35. The second kappa shape index (κ2) is 9.35. The fraction of sp³-hybridized carbons (Fsp3) is 0.417. The quantitative estimate of drug-likeness (QED) is 0.585. The van der Waals surface area contributed by atoms with Crippen molar-refractivity contribution in [3.8, 4) is 17.3 Å². The van der Waals surface area contributed by atoms with E-state index in [0.717, 1.165) is 41.9 Å². The van der Waals surface area contributed by atoms with Gasteiger partial charge < -0.3 is 10.2 Å². The van der Waals surface area contributed by atoms with E-state index in [2.05, 4.69) is 26.5 Å². The molecule has 2 fully saturated rings. The summed E-state index contributed by atoms with van der Waals surface area (Å²) in [5, 5.41) is 19.1. The molecule has 3 heterocycles. The predicted molar refractivity (Wildman–Crippen MR) is 126 cm³/mol. The zero-order chi connectivity index (χ0) is 23.7. The van der Waals surface area contributed by atoms with E-state index >= 15 is 0 Å². The van der Waals surface area contributed by atoms with Gasteiger partial charge >= 0.3 is 0 Å². The molecule has 1 aliphatic heterocycles. The second-order valence-corrected chi connectivity index (χ2v) is 9.74. The van der Waals surface area contributed by atoms with E-state index in [1.165, 1.54) is 11.3 Å². The van der Waals surface area contributed by atoms with Gasteiger partial charge in [-0.05, 0) is 44.7 Å². The topological polar surface area (TPSA) is 117 Å². The van der Waals surface area contributed by atoms with Crippen molar-refractivity contribution >= 4 is 23.2 Å². The molecule has 3 aromatic rings. The molecule has 2 amide bonds. The summed E-state index contributed by atoms with van der Waals surface area (Å²) < 4.78 is 1.77. The van der Waals surface area contributed by atoms with Gasteiger partial charge in [-0.2, -0.15) is 5.26 Å². The number of nitriles is 1. The number of aromatic nitrogens is 4. The largest absolute Gasteiger partial charge is 0.349 e. The van der Waals surface area contributed by atoms with Gasteiger partial charge in [0.1, 0.15) is 11.3 Å². The molecule has 5 rings (SSSR count). The summed E-state index contributed by atoms with van der Waals surface area (Å²) in [5.74, 6) is -0.368. The van der Waals surface area contributed by atoms with Crippen LogP contribution >= 0.6 is 11.3 Å². The third-order valence-electron chi connectivity index (χ3n) is 6.48. The molecule has 1 aromatic carbocycles. The van der Waals surface area contributed by atoms with E-state index < -0.39 is 0 Å². The summed E-state index contributed by atoms with van der Waals surface area (Å²) in [6.07, 6.45) is 5.28. The van der Waals surface area contributed by atoms with Crippen molar-refractivity contribution in [2.75, 3.05) is 6.54 Å². The van der Waals surface area contributed by atoms with E-state index in [1.54, 1.807) is 28.0 Å². The van der Waals surface area contributed by atoms with Gasteiger partial charge in [0.25, 0.3) is 5.91 Å². The molecule has 1 saturated carbocycles. The van der Waals surface area contributed by atoms with E-state index in [1.807, 2.05) is 24.4 Å². The fourth-order valence-corrected chi connectivity index (χ4v) is 5.07. The lowest BCUT2D eigenvalue weighted by Crippen LogP contribution is -2.51. The third-order valence-corrected chi connectivity index (χ3v) is 7.33. The summed E-state index contributed by atoms with van der Waals surface area (Å²) >= 11 is 1.48. The molecule has 1 saturated heterocycles. The molecule has 34 heavy (non-hydrogen) atoms. The molecule has 1 aliphatic carbocycles. The Labute approximate surface area is 201 Å². The van der Waals surface area contributed by atoms with Crippen LogP contribution in [0, 0.1) is 17.2 Å². The number of hydrogen-bond acceptors (Lipinski definition) is 7. The lowest BCUT2D eigenvalue weighted by Gasteiger charge is -2.38. The van der Waals surface area contributed by atoms with Crippen LogP contribution in [0.1, 0.15) is 59.8 Å². The van der Waals surface area contributed by atoms with Gasteiger partial charge in [-0.1, -0.05) is 12.1 Å². The molecule has 2 atom stereocenters. The zero-order valence-corrected chi connectivity index (χ0v) is 19.7. The minimum absolute atomic E-state index is 0.0726. The highest BCUT2D eigenvalue weighted by molar-refractivity contribution is 7.09. The van der Waals surface area contributed by atoms with Crippen LogP contribution in [0.4, 0.5) is 0 Å². The monoisotopic (exact) mass is 475 g/mol. The maximum Gasteiger partial charge on any atom is 0.293 e. The van der Waals surface area contributed by atoms with Crippen LogP contribution in [0.25, 0.3) is 11.3 Å².